The van der Waals surface area contributed by atoms with Crippen molar-refractivity contribution >= 4 is 0 Å². The number of nitrogens with two attached hydrogens (primary N) is 1. The lowest BCUT2D eigenvalue weighted by Crippen LogP contribution is -2.25. The third-order valence-corrected chi connectivity index (χ3v) is 2.62. The van der Waals surface area contributed by atoms with Crippen molar-refractivity contribution < 1.29 is 4.74 Å². The second-order valence-electron chi connectivity index (χ2n) is 4.03. The molecule has 0 aromatic heterocycles. The van der Waals surface area contributed by atoms with Crippen molar-refractivity contribution in [3.8, 4) is 0 Å². The summed E-state index contributed by atoms with van der Waals surface area (Å²) in [4.78, 5) is 0. The van der Waals surface area contributed by atoms with E-state index in [9.17, 15) is 0 Å². The van der Waals surface area contributed by atoms with Gasteiger partial charge < -0.3 is 15.8 Å². The van der Waals surface area contributed by atoms with Crippen LogP contribution in [0.15, 0.2) is 24.3 Å². The molecule has 90 valence electrons. The second-order valence-corrected chi connectivity index (χ2v) is 4.03. The van der Waals surface area contributed by atoms with Crippen molar-refractivity contribution in [2.24, 2.45) is 5.73 Å². The van der Waals surface area contributed by atoms with E-state index in [1.54, 1.807) is 7.11 Å². The molecule has 0 bridgehead atoms. The van der Waals surface area contributed by atoms with E-state index in [0.29, 0.717) is 6.54 Å². The highest BCUT2D eigenvalue weighted by Crippen LogP contribution is 2.04. The van der Waals surface area contributed by atoms with Crippen molar-refractivity contribution in [1.29, 1.82) is 0 Å². The predicted molar refractivity (Wildman–Crippen MR) is 67.4 cm³/mol. The van der Waals surface area contributed by atoms with Gasteiger partial charge in [0.1, 0.15) is 0 Å². The Bertz CT molecular complexity index is 284. The van der Waals surface area contributed by atoms with Crippen LogP contribution in [0, 0.1) is 0 Å². The van der Waals surface area contributed by atoms with Gasteiger partial charge >= 0.3 is 0 Å². The van der Waals surface area contributed by atoms with E-state index in [4.69, 9.17) is 10.5 Å². The van der Waals surface area contributed by atoms with E-state index in [0.717, 1.165) is 19.5 Å². The van der Waals surface area contributed by atoms with Gasteiger partial charge in [0, 0.05) is 20.2 Å². The molecule has 1 rings (SSSR count). The first-order valence-corrected chi connectivity index (χ1v) is 5.77. The molecule has 0 saturated heterocycles. The summed E-state index contributed by atoms with van der Waals surface area (Å²) in [7, 11) is 1.73. The van der Waals surface area contributed by atoms with Gasteiger partial charge in [0.2, 0.25) is 0 Å². The molecule has 0 saturated carbocycles. The number of nitrogens with one attached hydrogen (secondary N) is 1. The Hall–Kier alpha value is -0.900. The van der Waals surface area contributed by atoms with Crippen LogP contribution in [0.2, 0.25) is 0 Å². The van der Waals surface area contributed by atoms with E-state index in [1.165, 1.54) is 11.1 Å². The fourth-order valence-corrected chi connectivity index (χ4v) is 1.49. The summed E-state index contributed by atoms with van der Waals surface area (Å²) in [6.07, 6.45) is 1.21. The molecule has 0 fully saturated rings. The number of methoxy groups -OCH3 is 1. The number of rotatable bonds is 7. The number of hydrogen-bond donors (Lipinski definition) is 2. The molecule has 1 aromatic rings. The molecule has 0 amide bonds. The average Bonchev–Trinajstić information content (AvgIpc) is 2.31. The molecule has 0 heterocycles. The Morgan fingerprint density at radius 2 is 1.88 bits per heavy atom. The van der Waals surface area contributed by atoms with Crippen molar-refractivity contribution in [3.63, 3.8) is 0 Å². The number of benzene rings is 1. The molecular formula is C13H22N2O. The summed E-state index contributed by atoms with van der Waals surface area (Å²) in [5.74, 6) is 0. The molecular weight excluding hydrogens is 200 g/mol. The monoisotopic (exact) mass is 222 g/mol. The molecule has 0 aliphatic heterocycles. The number of ether oxygens (including phenoxy) is 1. The molecule has 0 radical (unpaired) electrons. The largest absolute Gasteiger partial charge is 0.380 e. The highest BCUT2D eigenvalue weighted by atomic mass is 16.5. The molecule has 1 unspecified atom stereocenters. The zero-order chi connectivity index (χ0) is 11.8. The average molecular weight is 222 g/mol. The maximum Gasteiger partial charge on any atom is 0.0667 e. The third kappa shape index (κ3) is 4.75. The predicted octanol–water partition coefficient (Wildman–Crippen LogP) is 1.31. The molecule has 16 heavy (non-hydrogen) atoms. The van der Waals surface area contributed by atoms with Gasteiger partial charge in [-0.2, -0.15) is 0 Å². The van der Waals surface area contributed by atoms with Gasteiger partial charge in [0.15, 0.2) is 0 Å². The molecule has 3 heteroatoms. The fraction of sp³-hybridized carbons (Fsp3) is 0.538. The van der Waals surface area contributed by atoms with Crippen molar-refractivity contribution in [3.05, 3.63) is 35.4 Å². The van der Waals surface area contributed by atoms with E-state index in [-0.39, 0.29) is 6.10 Å². The first-order valence-electron chi connectivity index (χ1n) is 5.77. The third-order valence-electron chi connectivity index (χ3n) is 2.62. The van der Waals surface area contributed by atoms with Crippen LogP contribution >= 0.6 is 0 Å². The minimum Gasteiger partial charge on any atom is -0.380 e. The molecule has 0 aliphatic rings. The highest BCUT2D eigenvalue weighted by molar-refractivity contribution is 5.22. The summed E-state index contributed by atoms with van der Waals surface area (Å²) < 4.78 is 5.16. The fourth-order valence-electron chi connectivity index (χ4n) is 1.49. The summed E-state index contributed by atoms with van der Waals surface area (Å²) in [5.41, 5.74) is 8.10. The van der Waals surface area contributed by atoms with Crippen molar-refractivity contribution in [2.45, 2.75) is 26.0 Å². The van der Waals surface area contributed by atoms with Gasteiger partial charge in [0.05, 0.1) is 6.10 Å². The smallest absolute Gasteiger partial charge is 0.0667 e. The van der Waals surface area contributed by atoms with Crippen molar-refractivity contribution in [2.75, 3.05) is 20.2 Å². The molecule has 0 spiro atoms. The molecule has 3 nitrogen and oxygen atoms in total. The van der Waals surface area contributed by atoms with E-state index in [1.807, 2.05) is 0 Å². The summed E-state index contributed by atoms with van der Waals surface area (Å²) >= 11 is 0. The van der Waals surface area contributed by atoms with Gasteiger partial charge in [-0.25, -0.2) is 0 Å². The Morgan fingerprint density at radius 3 is 2.44 bits per heavy atom. The quantitative estimate of drug-likeness (QED) is 0.731. The molecule has 1 aromatic carbocycles. The lowest BCUT2D eigenvalue weighted by molar-refractivity contribution is 0.117. The van der Waals surface area contributed by atoms with Crippen LogP contribution in [-0.4, -0.2) is 26.3 Å². The maximum absolute atomic E-state index is 5.50. The number of hydrogen-bond acceptors (Lipinski definition) is 3. The van der Waals surface area contributed by atoms with E-state index < -0.39 is 0 Å². The normalized spacial score (nSPS) is 12.7. The van der Waals surface area contributed by atoms with Crippen LogP contribution in [0.4, 0.5) is 0 Å². The van der Waals surface area contributed by atoms with Crippen LogP contribution in [0.1, 0.15) is 18.1 Å². The lowest BCUT2D eigenvalue weighted by atomic mass is 10.1. The second kappa shape index (κ2) is 7.39. The lowest BCUT2D eigenvalue weighted by Gasteiger charge is -2.10. The molecule has 1 atom stereocenters. The topological polar surface area (TPSA) is 47.3 Å². The first-order chi connectivity index (χ1) is 7.76. The zero-order valence-electron chi connectivity index (χ0n) is 10.2. The van der Waals surface area contributed by atoms with Crippen LogP contribution in [-0.2, 0) is 17.7 Å². The van der Waals surface area contributed by atoms with Gasteiger partial charge in [-0.1, -0.05) is 24.3 Å². The summed E-state index contributed by atoms with van der Waals surface area (Å²) in [6.45, 7) is 4.53. The minimum atomic E-state index is 0.261. The summed E-state index contributed by atoms with van der Waals surface area (Å²) in [6, 6.07) is 8.58. The first kappa shape index (κ1) is 13.2. The van der Waals surface area contributed by atoms with Crippen LogP contribution in [0.3, 0.4) is 0 Å². The van der Waals surface area contributed by atoms with Crippen molar-refractivity contribution in [1.82, 2.24) is 5.32 Å². The Kier molecular flexibility index (Phi) is 6.08. The standard InChI is InChI=1S/C13H22N2O/c1-11(16-2)9-15-10-13-5-3-12(4-6-13)7-8-14/h3-6,11,15H,7-10,14H2,1-2H3. The van der Waals surface area contributed by atoms with Gasteiger partial charge in [-0.3, -0.25) is 0 Å². The molecule has 0 aliphatic carbocycles. The minimum absolute atomic E-state index is 0.261. The van der Waals surface area contributed by atoms with E-state index >= 15 is 0 Å². The Labute approximate surface area is 98.0 Å². The SMILES string of the molecule is COC(C)CNCc1ccc(CCN)cc1. The Balaban J connectivity index is 2.31. The van der Waals surface area contributed by atoms with Crippen LogP contribution in [0.25, 0.3) is 0 Å². The van der Waals surface area contributed by atoms with E-state index in [2.05, 4.69) is 36.5 Å². The van der Waals surface area contributed by atoms with Gasteiger partial charge in [0.25, 0.3) is 0 Å². The van der Waals surface area contributed by atoms with Crippen LogP contribution in [0.5, 0.6) is 0 Å². The van der Waals surface area contributed by atoms with Crippen LogP contribution < -0.4 is 11.1 Å². The van der Waals surface area contributed by atoms with Gasteiger partial charge in [-0.15, -0.1) is 0 Å². The summed E-state index contributed by atoms with van der Waals surface area (Å²) in [5, 5.41) is 3.35. The highest BCUT2D eigenvalue weighted by Gasteiger charge is 1.98. The van der Waals surface area contributed by atoms with Gasteiger partial charge in [-0.05, 0) is 31.0 Å². The zero-order valence-corrected chi connectivity index (χ0v) is 10.2. The molecule has 3 N–H and O–H groups in total. The Morgan fingerprint density at radius 1 is 1.25 bits per heavy atom. The maximum atomic E-state index is 5.50.